The van der Waals surface area contributed by atoms with Crippen molar-refractivity contribution in [2.24, 2.45) is 0 Å². The Morgan fingerprint density at radius 1 is 1.23 bits per heavy atom. The van der Waals surface area contributed by atoms with Crippen LogP contribution in [-0.2, 0) is 9.59 Å². The fraction of sp³-hybridized carbons (Fsp3) is 0.529. The third-order valence-corrected chi connectivity index (χ3v) is 3.76. The van der Waals surface area contributed by atoms with Gasteiger partial charge < -0.3 is 10.4 Å². The van der Waals surface area contributed by atoms with E-state index in [1.54, 1.807) is 0 Å². The summed E-state index contributed by atoms with van der Waals surface area (Å²) in [6.45, 7) is 4.66. The molecular formula is C17H26N2O3. The lowest BCUT2D eigenvalue weighted by molar-refractivity contribution is -0.143. The van der Waals surface area contributed by atoms with Crippen LogP contribution in [0.3, 0.4) is 0 Å². The fourth-order valence-corrected chi connectivity index (χ4v) is 2.34. The highest BCUT2D eigenvalue weighted by molar-refractivity contribution is 5.87. The van der Waals surface area contributed by atoms with Crippen molar-refractivity contribution in [3.05, 3.63) is 35.9 Å². The molecule has 2 N–H and O–H groups in total. The van der Waals surface area contributed by atoms with Gasteiger partial charge in [-0.1, -0.05) is 57.0 Å². The number of likely N-dealkylation sites (N-methyl/N-ethyl adjacent to an activating group) is 1. The second-order valence-corrected chi connectivity index (χ2v) is 5.43. The zero-order valence-electron chi connectivity index (χ0n) is 13.6. The quantitative estimate of drug-likeness (QED) is 0.735. The van der Waals surface area contributed by atoms with E-state index in [9.17, 15) is 14.7 Å². The minimum atomic E-state index is -0.979. The summed E-state index contributed by atoms with van der Waals surface area (Å²) in [5.74, 6) is -1.24. The van der Waals surface area contributed by atoms with Gasteiger partial charge in [0, 0.05) is 0 Å². The molecule has 1 aromatic carbocycles. The number of rotatable bonds is 9. The van der Waals surface area contributed by atoms with Crippen molar-refractivity contribution >= 4 is 11.9 Å². The monoisotopic (exact) mass is 306 g/mol. The Kier molecular flexibility index (Phi) is 7.60. The van der Waals surface area contributed by atoms with Crippen molar-refractivity contribution in [1.29, 1.82) is 0 Å². The largest absolute Gasteiger partial charge is 0.480 e. The van der Waals surface area contributed by atoms with Gasteiger partial charge in [-0.3, -0.25) is 9.69 Å². The van der Waals surface area contributed by atoms with Crippen LogP contribution in [0.25, 0.3) is 0 Å². The maximum Gasteiger partial charge on any atom is 0.326 e. The number of carboxylic acid groups (broad SMARTS) is 1. The number of hydrogen-bond acceptors (Lipinski definition) is 3. The lowest BCUT2D eigenvalue weighted by Crippen LogP contribution is -2.46. The Bertz CT molecular complexity index is 476. The molecule has 0 aliphatic carbocycles. The Morgan fingerprint density at radius 3 is 2.36 bits per heavy atom. The second kappa shape index (κ2) is 9.20. The number of carbonyl (C=O) groups excluding carboxylic acids is 1. The lowest BCUT2D eigenvalue weighted by atomic mass is 10.0. The molecule has 5 heteroatoms. The molecule has 1 amide bonds. The van der Waals surface area contributed by atoms with Gasteiger partial charge in [-0.2, -0.15) is 0 Å². The van der Waals surface area contributed by atoms with Gasteiger partial charge in [0.25, 0.3) is 0 Å². The normalized spacial score (nSPS) is 13.6. The highest BCUT2D eigenvalue weighted by Gasteiger charge is 2.28. The zero-order valence-corrected chi connectivity index (χ0v) is 13.6. The number of unbranched alkanes of at least 4 members (excludes halogenated alkanes) is 1. The molecule has 2 atom stereocenters. The standard InChI is InChI=1S/C17H26N2O3/c1-4-6-12-14(17(21)22)18-16(20)15(19(3)5-2)13-10-8-7-9-11-13/h7-11,14-15H,4-6,12H2,1-3H3,(H,18,20)(H,21,22)/t14-,15?/m0/s1. The Hall–Kier alpha value is -1.88. The molecule has 0 aliphatic heterocycles. The summed E-state index contributed by atoms with van der Waals surface area (Å²) in [6.07, 6.45) is 2.13. The summed E-state index contributed by atoms with van der Waals surface area (Å²) in [4.78, 5) is 25.8. The van der Waals surface area contributed by atoms with Crippen molar-refractivity contribution in [2.45, 2.75) is 45.2 Å². The van der Waals surface area contributed by atoms with Crippen LogP contribution >= 0.6 is 0 Å². The first-order valence-electron chi connectivity index (χ1n) is 7.79. The van der Waals surface area contributed by atoms with E-state index >= 15 is 0 Å². The summed E-state index contributed by atoms with van der Waals surface area (Å²) in [6, 6.07) is 8.12. The minimum absolute atomic E-state index is 0.265. The van der Waals surface area contributed by atoms with Crippen LogP contribution in [-0.4, -0.2) is 41.5 Å². The zero-order chi connectivity index (χ0) is 16.5. The van der Waals surface area contributed by atoms with Crippen molar-refractivity contribution in [3.8, 4) is 0 Å². The van der Waals surface area contributed by atoms with Crippen LogP contribution in [0.5, 0.6) is 0 Å². The first-order valence-corrected chi connectivity index (χ1v) is 7.79. The fourth-order valence-electron chi connectivity index (χ4n) is 2.34. The molecule has 22 heavy (non-hydrogen) atoms. The van der Waals surface area contributed by atoms with Crippen LogP contribution in [0.4, 0.5) is 0 Å². The molecule has 0 bridgehead atoms. The molecule has 0 radical (unpaired) electrons. The van der Waals surface area contributed by atoms with Gasteiger partial charge >= 0.3 is 5.97 Å². The molecule has 0 heterocycles. The summed E-state index contributed by atoms with van der Waals surface area (Å²) in [7, 11) is 1.86. The third-order valence-electron chi connectivity index (χ3n) is 3.76. The smallest absolute Gasteiger partial charge is 0.326 e. The number of aliphatic carboxylic acids is 1. The highest BCUT2D eigenvalue weighted by Crippen LogP contribution is 2.19. The van der Waals surface area contributed by atoms with Crippen molar-refractivity contribution in [3.63, 3.8) is 0 Å². The third kappa shape index (κ3) is 5.15. The molecule has 0 aromatic heterocycles. The summed E-state index contributed by atoms with van der Waals surface area (Å²) < 4.78 is 0. The maximum atomic E-state index is 12.6. The van der Waals surface area contributed by atoms with E-state index in [-0.39, 0.29) is 5.91 Å². The van der Waals surface area contributed by atoms with Crippen LogP contribution < -0.4 is 5.32 Å². The average molecular weight is 306 g/mol. The second-order valence-electron chi connectivity index (χ2n) is 5.43. The first-order chi connectivity index (χ1) is 10.5. The number of carboxylic acids is 1. The Morgan fingerprint density at radius 2 is 1.86 bits per heavy atom. The van der Waals surface area contributed by atoms with E-state index in [0.717, 1.165) is 18.4 Å². The van der Waals surface area contributed by atoms with Gasteiger partial charge in [-0.05, 0) is 25.6 Å². The summed E-state index contributed by atoms with van der Waals surface area (Å²) in [5.41, 5.74) is 0.865. The van der Waals surface area contributed by atoms with Crippen molar-refractivity contribution in [1.82, 2.24) is 10.2 Å². The molecular weight excluding hydrogens is 280 g/mol. The van der Waals surface area contributed by atoms with Crippen LogP contribution in [0.1, 0.15) is 44.7 Å². The summed E-state index contributed by atoms with van der Waals surface area (Å²) >= 11 is 0. The van der Waals surface area contributed by atoms with Gasteiger partial charge in [0.15, 0.2) is 0 Å². The minimum Gasteiger partial charge on any atom is -0.480 e. The van der Waals surface area contributed by atoms with Gasteiger partial charge in [0.05, 0.1) is 0 Å². The molecule has 122 valence electrons. The van der Waals surface area contributed by atoms with Gasteiger partial charge in [0.1, 0.15) is 12.1 Å². The van der Waals surface area contributed by atoms with Gasteiger partial charge in [-0.25, -0.2) is 4.79 Å². The van der Waals surface area contributed by atoms with Gasteiger partial charge in [0.2, 0.25) is 5.91 Å². The molecule has 0 aliphatic rings. The molecule has 5 nitrogen and oxygen atoms in total. The van der Waals surface area contributed by atoms with E-state index in [2.05, 4.69) is 5.32 Å². The van der Waals surface area contributed by atoms with Crippen LogP contribution in [0, 0.1) is 0 Å². The molecule has 1 unspecified atom stereocenters. The SMILES string of the molecule is CCCC[C@H](NC(=O)C(c1ccccc1)N(C)CC)C(=O)O. The number of nitrogens with zero attached hydrogens (tertiary/aromatic N) is 1. The number of carbonyl (C=O) groups is 2. The molecule has 0 fully saturated rings. The number of amides is 1. The van der Waals surface area contributed by atoms with E-state index in [0.29, 0.717) is 13.0 Å². The molecule has 1 rings (SSSR count). The predicted molar refractivity (Wildman–Crippen MR) is 86.6 cm³/mol. The average Bonchev–Trinajstić information content (AvgIpc) is 2.52. The molecule has 1 aromatic rings. The van der Waals surface area contributed by atoms with E-state index in [1.807, 2.05) is 56.1 Å². The lowest BCUT2D eigenvalue weighted by Gasteiger charge is -2.27. The summed E-state index contributed by atoms with van der Waals surface area (Å²) in [5, 5.41) is 12.0. The van der Waals surface area contributed by atoms with Crippen molar-refractivity contribution < 1.29 is 14.7 Å². The van der Waals surface area contributed by atoms with E-state index in [4.69, 9.17) is 0 Å². The first kappa shape index (κ1) is 18.2. The van der Waals surface area contributed by atoms with Crippen LogP contribution in [0.2, 0.25) is 0 Å². The highest BCUT2D eigenvalue weighted by atomic mass is 16.4. The Labute approximate surface area is 132 Å². The van der Waals surface area contributed by atoms with Crippen molar-refractivity contribution in [2.75, 3.05) is 13.6 Å². The predicted octanol–water partition coefficient (Wildman–Crippen LogP) is 2.44. The molecule has 0 spiro atoms. The topological polar surface area (TPSA) is 69.6 Å². The van der Waals surface area contributed by atoms with E-state index in [1.165, 1.54) is 0 Å². The number of nitrogens with one attached hydrogen (secondary N) is 1. The van der Waals surface area contributed by atoms with Crippen LogP contribution in [0.15, 0.2) is 30.3 Å². The maximum absolute atomic E-state index is 12.6. The van der Waals surface area contributed by atoms with Gasteiger partial charge in [-0.15, -0.1) is 0 Å². The molecule has 0 saturated heterocycles. The Balaban J connectivity index is 2.90. The number of hydrogen-bond donors (Lipinski definition) is 2. The number of benzene rings is 1. The van der Waals surface area contributed by atoms with E-state index < -0.39 is 18.1 Å². The molecule has 0 saturated carbocycles.